The average Bonchev–Trinajstić information content (AvgIpc) is 2.49. The number of hydrogen-bond acceptors (Lipinski definition) is 6. The summed E-state index contributed by atoms with van der Waals surface area (Å²) in [5.74, 6) is 6.90. The van der Waals surface area contributed by atoms with Crippen molar-refractivity contribution < 1.29 is 9.47 Å². The molecule has 0 saturated heterocycles. The first-order valence-corrected chi connectivity index (χ1v) is 6.34. The second kappa shape index (κ2) is 6.83. The van der Waals surface area contributed by atoms with Gasteiger partial charge in [-0.15, -0.1) is 0 Å². The lowest BCUT2D eigenvalue weighted by molar-refractivity contribution is 0.339. The molecule has 0 spiro atoms. The summed E-state index contributed by atoms with van der Waals surface area (Å²) in [5.41, 5.74) is 4.30. The van der Waals surface area contributed by atoms with Crippen molar-refractivity contribution >= 4 is 0 Å². The third kappa shape index (κ3) is 3.04. The van der Waals surface area contributed by atoms with E-state index in [1.165, 1.54) is 0 Å². The number of rotatable bonds is 6. The Hall–Kier alpha value is -2.18. The molecule has 1 atom stereocenters. The van der Waals surface area contributed by atoms with E-state index in [2.05, 4.69) is 15.4 Å². The molecule has 106 valence electrons. The van der Waals surface area contributed by atoms with Crippen LogP contribution in [0.4, 0.5) is 0 Å². The minimum Gasteiger partial charge on any atom is -0.494 e. The van der Waals surface area contributed by atoms with E-state index in [1.54, 1.807) is 19.5 Å². The van der Waals surface area contributed by atoms with Crippen molar-refractivity contribution in [3.63, 3.8) is 0 Å². The number of ether oxygens (including phenoxy) is 2. The van der Waals surface area contributed by atoms with Gasteiger partial charge in [0, 0.05) is 12.4 Å². The first-order valence-electron chi connectivity index (χ1n) is 6.34. The summed E-state index contributed by atoms with van der Waals surface area (Å²) in [6.07, 6.45) is 3.18. The van der Waals surface area contributed by atoms with Crippen molar-refractivity contribution in [2.75, 3.05) is 13.7 Å². The molecule has 20 heavy (non-hydrogen) atoms. The molecular weight excluding hydrogens is 256 g/mol. The monoisotopic (exact) mass is 274 g/mol. The summed E-state index contributed by atoms with van der Waals surface area (Å²) in [6.45, 7) is 2.55. The van der Waals surface area contributed by atoms with Crippen LogP contribution in [-0.2, 0) is 0 Å². The molecule has 6 nitrogen and oxygen atoms in total. The van der Waals surface area contributed by atoms with Crippen molar-refractivity contribution in [2.45, 2.75) is 13.0 Å². The highest BCUT2D eigenvalue weighted by atomic mass is 16.5. The number of aromatic nitrogens is 2. The van der Waals surface area contributed by atoms with Crippen LogP contribution >= 0.6 is 0 Å². The van der Waals surface area contributed by atoms with E-state index in [0.29, 0.717) is 18.2 Å². The van der Waals surface area contributed by atoms with Crippen LogP contribution in [0.1, 0.15) is 24.2 Å². The number of hydrazine groups is 1. The number of nitrogens with zero attached hydrogens (tertiary/aromatic N) is 2. The highest BCUT2D eigenvalue weighted by Gasteiger charge is 2.19. The third-order valence-electron chi connectivity index (χ3n) is 2.83. The van der Waals surface area contributed by atoms with Crippen molar-refractivity contribution in [3.8, 4) is 11.6 Å². The number of benzene rings is 1. The number of hydrogen-bond donors (Lipinski definition) is 2. The Kier molecular flexibility index (Phi) is 4.86. The van der Waals surface area contributed by atoms with Crippen molar-refractivity contribution in [3.05, 3.63) is 47.9 Å². The topological polar surface area (TPSA) is 82.3 Å². The fourth-order valence-corrected chi connectivity index (χ4v) is 1.97. The van der Waals surface area contributed by atoms with E-state index in [1.807, 2.05) is 31.2 Å². The molecule has 0 radical (unpaired) electrons. The van der Waals surface area contributed by atoms with Gasteiger partial charge in [0.05, 0.1) is 19.8 Å². The van der Waals surface area contributed by atoms with Gasteiger partial charge in [-0.2, -0.15) is 0 Å². The summed E-state index contributed by atoms with van der Waals surface area (Å²) < 4.78 is 10.7. The fraction of sp³-hybridized carbons (Fsp3) is 0.286. The maximum atomic E-state index is 5.67. The molecule has 6 heteroatoms. The Balaban J connectivity index is 2.39. The maximum Gasteiger partial charge on any atom is 0.237 e. The second-order valence-corrected chi connectivity index (χ2v) is 4.06. The summed E-state index contributed by atoms with van der Waals surface area (Å²) in [5, 5.41) is 0. The van der Waals surface area contributed by atoms with Crippen molar-refractivity contribution in [1.29, 1.82) is 0 Å². The van der Waals surface area contributed by atoms with E-state index in [-0.39, 0.29) is 6.04 Å². The zero-order valence-corrected chi connectivity index (χ0v) is 11.5. The summed E-state index contributed by atoms with van der Waals surface area (Å²) in [4.78, 5) is 8.44. The molecular formula is C14H18N4O2. The van der Waals surface area contributed by atoms with Crippen LogP contribution in [0.25, 0.3) is 0 Å². The first-order chi connectivity index (χ1) is 9.80. The smallest absolute Gasteiger partial charge is 0.237 e. The van der Waals surface area contributed by atoms with Crippen molar-refractivity contribution in [2.24, 2.45) is 5.84 Å². The molecule has 3 N–H and O–H groups in total. The Morgan fingerprint density at radius 2 is 2.10 bits per heavy atom. The minimum absolute atomic E-state index is 0.320. The molecule has 1 aromatic carbocycles. The third-order valence-corrected chi connectivity index (χ3v) is 2.83. The lowest BCUT2D eigenvalue weighted by Gasteiger charge is -2.18. The largest absolute Gasteiger partial charge is 0.494 e. The Labute approximate surface area is 117 Å². The van der Waals surface area contributed by atoms with Gasteiger partial charge in [-0.25, -0.2) is 10.4 Å². The average molecular weight is 274 g/mol. The van der Waals surface area contributed by atoms with E-state index in [0.717, 1.165) is 11.3 Å². The number of nitrogens with one attached hydrogen (secondary N) is 1. The molecule has 0 aliphatic rings. The van der Waals surface area contributed by atoms with Gasteiger partial charge in [0.2, 0.25) is 5.88 Å². The van der Waals surface area contributed by atoms with Crippen LogP contribution in [0.15, 0.2) is 36.7 Å². The quantitative estimate of drug-likeness (QED) is 0.612. The molecule has 1 unspecified atom stereocenters. The van der Waals surface area contributed by atoms with Crippen LogP contribution < -0.4 is 20.7 Å². The second-order valence-electron chi connectivity index (χ2n) is 4.06. The van der Waals surface area contributed by atoms with Crippen LogP contribution in [0.5, 0.6) is 11.6 Å². The van der Waals surface area contributed by atoms with Gasteiger partial charge >= 0.3 is 0 Å². The number of methoxy groups -OCH3 is 1. The lowest BCUT2D eigenvalue weighted by atomic mass is 10.0. The van der Waals surface area contributed by atoms with Gasteiger partial charge in [0.15, 0.2) is 0 Å². The standard InChI is InChI=1S/C14H18N4O2/c1-3-20-11-6-4-5-10(9-11)12(18-15)13-14(19-2)17-8-7-16-13/h4-9,12,18H,3,15H2,1-2H3. The van der Waals surface area contributed by atoms with E-state index >= 15 is 0 Å². The molecule has 2 aromatic rings. The highest BCUT2D eigenvalue weighted by Crippen LogP contribution is 2.27. The minimum atomic E-state index is -0.320. The zero-order valence-electron chi connectivity index (χ0n) is 11.5. The molecule has 2 rings (SSSR count). The fourth-order valence-electron chi connectivity index (χ4n) is 1.97. The predicted octanol–water partition coefficient (Wildman–Crippen LogP) is 1.44. The molecule has 0 amide bonds. The molecule has 0 fully saturated rings. The summed E-state index contributed by atoms with van der Waals surface area (Å²) in [7, 11) is 1.55. The Morgan fingerprint density at radius 1 is 1.30 bits per heavy atom. The van der Waals surface area contributed by atoms with Crippen LogP contribution in [-0.4, -0.2) is 23.7 Å². The molecule has 0 saturated carbocycles. The summed E-state index contributed by atoms with van der Waals surface area (Å²) >= 11 is 0. The summed E-state index contributed by atoms with van der Waals surface area (Å²) in [6, 6.07) is 7.35. The van der Waals surface area contributed by atoms with Gasteiger partial charge in [0.1, 0.15) is 11.4 Å². The highest BCUT2D eigenvalue weighted by molar-refractivity contribution is 5.37. The molecule has 1 aromatic heterocycles. The van der Waals surface area contributed by atoms with Gasteiger partial charge in [0.25, 0.3) is 0 Å². The molecule has 0 aliphatic carbocycles. The van der Waals surface area contributed by atoms with Gasteiger partial charge in [-0.3, -0.25) is 10.8 Å². The van der Waals surface area contributed by atoms with E-state index in [9.17, 15) is 0 Å². The number of nitrogens with two attached hydrogens (primary N) is 1. The van der Waals surface area contributed by atoms with E-state index in [4.69, 9.17) is 15.3 Å². The van der Waals surface area contributed by atoms with Crippen LogP contribution in [0, 0.1) is 0 Å². The van der Waals surface area contributed by atoms with Gasteiger partial charge in [-0.1, -0.05) is 12.1 Å². The molecule has 1 heterocycles. The van der Waals surface area contributed by atoms with Crippen molar-refractivity contribution in [1.82, 2.24) is 15.4 Å². The van der Waals surface area contributed by atoms with Crippen LogP contribution in [0.3, 0.4) is 0 Å². The lowest BCUT2D eigenvalue weighted by Crippen LogP contribution is -2.30. The van der Waals surface area contributed by atoms with E-state index < -0.39 is 0 Å². The molecule has 0 aliphatic heterocycles. The predicted molar refractivity (Wildman–Crippen MR) is 75.4 cm³/mol. The Bertz CT molecular complexity index is 562. The molecule has 0 bridgehead atoms. The first kappa shape index (κ1) is 14.2. The normalized spacial score (nSPS) is 11.9. The van der Waals surface area contributed by atoms with Gasteiger partial charge < -0.3 is 9.47 Å². The Morgan fingerprint density at radius 3 is 2.80 bits per heavy atom. The van der Waals surface area contributed by atoms with Crippen LogP contribution in [0.2, 0.25) is 0 Å². The zero-order chi connectivity index (χ0) is 14.4. The SMILES string of the molecule is CCOc1cccc(C(NN)c2nccnc2OC)c1. The van der Waals surface area contributed by atoms with Gasteiger partial charge in [-0.05, 0) is 24.6 Å². The maximum absolute atomic E-state index is 5.67.